The minimum Gasteiger partial charge on any atom is -0.333 e. The molecular weight excluding hydrogens is 162 g/mol. The number of rotatable bonds is 5. The molecule has 0 amide bonds. The molecule has 0 aliphatic heterocycles. The van der Waals surface area contributed by atoms with E-state index in [4.69, 9.17) is 5.73 Å². The zero-order valence-corrected chi connectivity index (χ0v) is 8.53. The minimum atomic E-state index is 0.138. The highest BCUT2D eigenvalue weighted by molar-refractivity contribution is 5.03. The summed E-state index contributed by atoms with van der Waals surface area (Å²) in [6.07, 6.45) is 7.13. The molecule has 1 aromatic rings. The van der Waals surface area contributed by atoms with Crippen molar-refractivity contribution >= 4 is 0 Å². The Hall–Kier alpha value is -0.830. The molecule has 0 aromatic carbocycles. The Kier molecular flexibility index (Phi) is 3.96. The van der Waals surface area contributed by atoms with Gasteiger partial charge in [0.2, 0.25) is 0 Å². The normalized spacial score (nSPS) is 13.2. The van der Waals surface area contributed by atoms with Crippen molar-refractivity contribution in [2.24, 2.45) is 5.73 Å². The van der Waals surface area contributed by atoms with Gasteiger partial charge in [-0.2, -0.15) is 0 Å². The Morgan fingerprint density at radius 1 is 1.54 bits per heavy atom. The molecule has 3 heteroatoms. The molecule has 1 atom stereocenters. The molecule has 0 saturated carbocycles. The lowest BCUT2D eigenvalue weighted by Crippen LogP contribution is -2.14. The maximum absolute atomic E-state index is 5.95. The number of unbranched alkanes of at least 4 members (excludes halogenated alkanes) is 1. The fourth-order valence-corrected chi connectivity index (χ4v) is 1.36. The van der Waals surface area contributed by atoms with Crippen molar-refractivity contribution in [3.05, 3.63) is 18.2 Å². The zero-order chi connectivity index (χ0) is 9.68. The van der Waals surface area contributed by atoms with Crippen molar-refractivity contribution < 1.29 is 0 Å². The van der Waals surface area contributed by atoms with E-state index in [0.29, 0.717) is 0 Å². The first-order valence-corrected chi connectivity index (χ1v) is 5.05. The Morgan fingerprint density at radius 2 is 2.31 bits per heavy atom. The molecule has 0 radical (unpaired) electrons. The van der Waals surface area contributed by atoms with Crippen LogP contribution < -0.4 is 5.73 Å². The average molecular weight is 181 g/mol. The standard InChI is InChI=1S/C10H19N3/c1-3-5-6-13-8-12-7-10(13)9(11)4-2/h7-9H,3-6,11H2,1-2H3/t9-/m1/s1. The topological polar surface area (TPSA) is 43.8 Å². The second-order valence-electron chi connectivity index (χ2n) is 3.38. The fraction of sp³-hybridized carbons (Fsp3) is 0.700. The largest absolute Gasteiger partial charge is 0.333 e. The van der Waals surface area contributed by atoms with Crippen molar-refractivity contribution in [3.8, 4) is 0 Å². The van der Waals surface area contributed by atoms with Crippen LogP contribution in [0.5, 0.6) is 0 Å². The summed E-state index contributed by atoms with van der Waals surface area (Å²) < 4.78 is 2.16. The third-order valence-corrected chi connectivity index (χ3v) is 2.32. The predicted molar refractivity (Wildman–Crippen MR) is 54.4 cm³/mol. The smallest absolute Gasteiger partial charge is 0.0948 e. The molecule has 2 N–H and O–H groups in total. The van der Waals surface area contributed by atoms with Crippen LogP contribution in [0.3, 0.4) is 0 Å². The molecule has 0 saturated heterocycles. The zero-order valence-electron chi connectivity index (χ0n) is 8.53. The lowest BCUT2D eigenvalue weighted by molar-refractivity contribution is 0.563. The van der Waals surface area contributed by atoms with Crippen LogP contribution in [-0.2, 0) is 6.54 Å². The van der Waals surface area contributed by atoms with Gasteiger partial charge in [0.25, 0.3) is 0 Å². The van der Waals surface area contributed by atoms with E-state index in [-0.39, 0.29) is 6.04 Å². The summed E-state index contributed by atoms with van der Waals surface area (Å²) in [4.78, 5) is 4.13. The van der Waals surface area contributed by atoms with Crippen molar-refractivity contribution in [1.82, 2.24) is 9.55 Å². The Labute approximate surface area is 80.0 Å². The molecule has 0 fully saturated rings. The molecule has 74 valence electrons. The molecule has 0 aliphatic carbocycles. The van der Waals surface area contributed by atoms with Crippen molar-refractivity contribution in [3.63, 3.8) is 0 Å². The van der Waals surface area contributed by atoms with Crippen LogP contribution in [0.15, 0.2) is 12.5 Å². The lowest BCUT2D eigenvalue weighted by Gasteiger charge is -2.12. The van der Waals surface area contributed by atoms with Gasteiger partial charge in [0.05, 0.1) is 12.0 Å². The molecule has 1 aromatic heterocycles. The summed E-state index contributed by atoms with van der Waals surface area (Å²) in [6, 6.07) is 0.138. The van der Waals surface area contributed by atoms with Crippen LogP contribution in [0.25, 0.3) is 0 Å². The Balaban J connectivity index is 2.65. The van der Waals surface area contributed by atoms with Crippen LogP contribution in [-0.4, -0.2) is 9.55 Å². The number of aryl methyl sites for hydroxylation is 1. The third kappa shape index (κ3) is 2.56. The fourth-order valence-electron chi connectivity index (χ4n) is 1.36. The average Bonchev–Trinajstić information content (AvgIpc) is 2.61. The van der Waals surface area contributed by atoms with Crippen LogP contribution in [0, 0.1) is 0 Å². The number of nitrogens with two attached hydrogens (primary N) is 1. The first kappa shape index (κ1) is 10.3. The second-order valence-corrected chi connectivity index (χ2v) is 3.38. The molecule has 0 bridgehead atoms. The van der Waals surface area contributed by atoms with Crippen LogP contribution in [0.2, 0.25) is 0 Å². The monoisotopic (exact) mass is 181 g/mol. The molecule has 3 nitrogen and oxygen atoms in total. The molecular formula is C10H19N3. The first-order chi connectivity index (χ1) is 6.29. The summed E-state index contributed by atoms with van der Waals surface area (Å²) in [5.41, 5.74) is 7.11. The van der Waals surface area contributed by atoms with E-state index in [9.17, 15) is 0 Å². The van der Waals surface area contributed by atoms with Gasteiger partial charge in [-0.05, 0) is 12.8 Å². The number of hydrogen-bond donors (Lipinski definition) is 1. The van der Waals surface area contributed by atoms with Gasteiger partial charge in [0, 0.05) is 18.8 Å². The highest BCUT2D eigenvalue weighted by Gasteiger charge is 2.08. The molecule has 13 heavy (non-hydrogen) atoms. The van der Waals surface area contributed by atoms with Gasteiger partial charge in [-0.25, -0.2) is 4.98 Å². The van der Waals surface area contributed by atoms with Crippen LogP contribution in [0.4, 0.5) is 0 Å². The number of hydrogen-bond acceptors (Lipinski definition) is 2. The highest BCUT2D eigenvalue weighted by atomic mass is 15.1. The molecule has 1 rings (SSSR count). The van der Waals surface area contributed by atoms with E-state index >= 15 is 0 Å². The van der Waals surface area contributed by atoms with E-state index in [1.54, 1.807) is 0 Å². The molecule has 0 spiro atoms. The SMILES string of the molecule is CCCCn1cncc1[C@H](N)CC. The summed E-state index contributed by atoms with van der Waals surface area (Å²) >= 11 is 0. The number of aromatic nitrogens is 2. The predicted octanol–water partition coefficient (Wildman–Crippen LogP) is 2.09. The Morgan fingerprint density at radius 3 is 2.92 bits per heavy atom. The number of imidazole rings is 1. The first-order valence-electron chi connectivity index (χ1n) is 5.05. The van der Waals surface area contributed by atoms with Crippen molar-refractivity contribution in [1.29, 1.82) is 0 Å². The lowest BCUT2D eigenvalue weighted by atomic mass is 10.2. The summed E-state index contributed by atoms with van der Waals surface area (Å²) in [7, 11) is 0. The van der Waals surface area contributed by atoms with Crippen LogP contribution >= 0.6 is 0 Å². The molecule has 1 heterocycles. The van der Waals surface area contributed by atoms with E-state index in [1.807, 2.05) is 12.5 Å². The molecule has 0 unspecified atom stereocenters. The van der Waals surface area contributed by atoms with Gasteiger partial charge in [-0.3, -0.25) is 0 Å². The van der Waals surface area contributed by atoms with E-state index in [2.05, 4.69) is 23.4 Å². The number of nitrogens with zero attached hydrogens (tertiary/aromatic N) is 2. The maximum Gasteiger partial charge on any atom is 0.0948 e. The van der Waals surface area contributed by atoms with Crippen LogP contribution in [0.1, 0.15) is 44.8 Å². The van der Waals surface area contributed by atoms with Gasteiger partial charge in [-0.1, -0.05) is 20.3 Å². The maximum atomic E-state index is 5.95. The van der Waals surface area contributed by atoms with Crippen molar-refractivity contribution in [2.45, 2.75) is 45.7 Å². The minimum absolute atomic E-state index is 0.138. The second kappa shape index (κ2) is 5.02. The summed E-state index contributed by atoms with van der Waals surface area (Å²) in [5, 5.41) is 0. The van der Waals surface area contributed by atoms with Crippen molar-refractivity contribution in [2.75, 3.05) is 0 Å². The third-order valence-electron chi connectivity index (χ3n) is 2.32. The van der Waals surface area contributed by atoms with E-state index in [1.165, 1.54) is 12.8 Å². The quantitative estimate of drug-likeness (QED) is 0.756. The van der Waals surface area contributed by atoms with Gasteiger partial charge < -0.3 is 10.3 Å². The highest BCUT2D eigenvalue weighted by Crippen LogP contribution is 2.13. The molecule has 0 aliphatic rings. The summed E-state index contributed by atoms with van der Waals surface area (Å²) in [6.45, 7) is 5.33. The van der Waals surface area contributed by atoms with Gasteiger partial charge >= 0.3 is 0 Å². The van der Waals surface area contributed by atoms with E-state index in [0.717, 1.165) is 18.7 Å². The van der Waals surface area contributed by atoms with Gasteiger partial charge in [0.15, 0.2) is 0 Å². The Bertz CT molecular complexity index is 242. The van der Waals surface area contributed by atoms with Gasteiger partial charge in [-0.15, -0.1) is 0 Å². The van der Waals surface area contributed by atoms with E-state index < -0.39 is 0 Å². The summed E-state index contributed by atoms with van der Waals surface area (Å²) in [5.74, 6) is 0. The van der Waals surface area contributed by atoms with Gasteiger partial charge in [0.1, 0.15) is 0 Å².